The van der Waals surface area contributed by atoms with Gasteiger partial charge in [-0.15, -0.1) is 5.10 Å². The second-order valence-electron chi connectivity index (χ2n) is 11.9. The number of hydrogen-bond donors (Lipinski definition) is 3. The maximum atomic E-state index is 12.6. The molecule has 12 heteroatoms. The van der Waals surface area contributed by atoms with Gasteiger partial charge in [0.2, 0.25) is 5.16 Å². The molecule has 1 aliphatic rings. The van der Waals surface area contributed by atoms with Crippen LogP contribution in [0.5, 0.6) is 11.5 Å². The number of aliphatic hydroxyl groups is 1. The lowest BCUT2D eigenvalue weighted by atomic mass is 10.0. The molecule has 0 saturated carbocycles. The van der Waals surface area contributed by atoms with Crippen LogP contribution in [0, 0.1) is 0 Å². The monoisotopic (exact) mass is 700 g/mol. The van der Waals surface area contributed by atoms with E-state index in [0.717, 1.165) is 33.7 Å². The van der Waals surface area contributed by atoms with Gasteiger partial charge in [-0.3, -0.25) is 0 Å². The molecule has 3 atom stereocenters. The summed E-state index contributed by atoms with van der Waals surface area (Å²) >= 11 is 1.53. The number of amides is 2. The van der Waals surface area contributed by atoms with Crippen LogP contribution in [0.25, 0.3) is 5.69 Å². The van der Waals surface area contributed by atoms with E-state index in [9.17, 15) is 9.90 Å². The summed E-state index contributed by atoms with van der Waals surface area (Å²) in [6.45, 7) is 0.316. The van der Waals surface area contributed by atoms with Crippen molar-refractivity contribution in [1.29, 1.82) is 0 Å². The summed E-state index contributed by atoms with van der Waals surface area (Å²) < 4.78 is 20.6. The molecule has 2 heterocycles. The fraction of sp³-hybridized carbons (Fsp3) is 0.179. The van der Waals surface area contributed by atoms with Gasteiger partial charge in [-0.1, -0.05) is 96.7 Å². The molecular formula is C39H36N6O5S. The third-order valence-corrected chi connectivity index (χ3v) is 9.30. The van der Waals surface area contributed by atoms with Crippen molar-refractivity contribution in [2.45, 2.75) is 43.2 Å². The molecule has 0 unspecified atom stereocenters. The molecule has 0 bridgehead atoms. The molecule has 0 radical (unpaired) electrons. The minimum atomic E-state index is -0.615. The van der Waals surface area contributed by atoms with E-state index in [4.69, 9.17) is 14.2 Å². The van der Waals surface area contributed by atoms with Crippen molar-refractivity contribution in [3.05, 3.63) is 156 Å². The van der Waals surface area contributed by atoms with E-state index in [1.54, 1.807) is 16.8 Å². The van der Waals surface area contributed by atoms with Crippen molar-refractivity contribution in [3.8, 4) is 17.2 Å². The highest BCUT2D eigenvalue weighted by Gasteiger charge is 2.32. The zero-order valence-corrected chi connectivity index (χ0v) is 28.4. The minimum Gasteiger partial charge on any atom is -0.457 e. The number of thioether (sulfide) groups is 1. The molecule has 51 heavy (non-hydrogen) atoms. The Morgan fingerprint density at radius 2 is 1.47 bits per heavy atom. The van der Waals surface area contributed by atoms with E-state index in [1.807, 2.05) is 121 Å². The molecular weight excluding hydrogens is 665 g/mol. The van der Waals surface area contributed by atoms with Crippen LogP contribution < -0.4 is 15.4 Å². The first-order chi connectivity index (χ1) is 25.1. The van der Waals surface area contributed by atoms with Crippen LogP contribution in [0.4, 0.5) is 10.5 Å². The van der Waals surface area contributed by atoms with E-state index < -0.39 is 6.29 Å². The van der Waals surface area contributed by atoms with Gasteiger partial charge in [-0.2, -0.15) is 4.68 Å². The van der Waals surface area contributed by atoms with Gasteiger partial charge in [0.05, 0.1) is 24.5 Å². The zero-order valence-electron chi connectivity index (χ0n) is 27.5. The average molecular weight is 701 g/mol. The van der Waals surface area contributed by atoms with E-state index in [0.29, 0.717) is 35.3 Å². The topological polar surface area (TPSA) is 133 Å². The van der Waals surface area contributed by atoms with Crippen LogP contribution >= 0.6 is 11.8 Å². The molecule has 258 valence electrons. The number of benzene rings is 5. The van der Waals surface area contributed by atoms with Crippen molar-refractivity contribution < 1.29 is 24.1 Å². The summed E-state index contributed by atoms with van der Waals surface area (Å²) in [5, 5.41) is 28.3. The molecule has 0 spiro atoms. The summed E-state index contributed by atoms with van der Waals surface area (Å²) in [7, 11) is 0. The first-order valence-electron chi connectivity index (χ1n) is 16.5. The maximum Gasteiger partial charge on any atom is 0.319 e. The first kappa shape index (κ1) is 33.9. The summed E-state index contributed by atoms with van der Waals surface area (Å²) in [4.78, 5) is 12.6. The van der Waals surface area contributed by atoms with Crippen LogP contribution in [0.3, 0.4) is 0 Å². The quantitative estimate of drug-likeness (QED) is 0.110. The molecule has 1 aromatic heterocycles. The summed E-state index contributed by atoms with van der Waals surface area (Å²) in [5.74, 6) is 2.03. The third-order valence-electron chi connectivity index (χ3n) is 8.25. The number of carbonyl (C=O) groups is 1. The Balaban J connectivity index is 0.970. The standard InChI is InChI=1S/C39H36N6O5S/c46-25-28-13-15-29(16-14-28)36-23-35(26-51-39-42-43-44-45(39)32-7-3-1-4-8-32)49-37(50-36)30-17-11-27(12-18-30)24-40-38(47)41-31-19-21-34(22-20-31)48-33-9-5-2-6-10-33/h1-22,35-37,46H,23-26H2,(H2,40,41,47)/t35-,36+,37+/m1/s1. The van der Waals surface area contributed by atoms with Gasteiger partial charge in [0.1, 0.15) is 11.5 Å². The smallest absolute Gasteiger partial charge is 0.319 e. The highest BCUT2D eigenvalue weighted by atomic mass is 32.2. The van der Waals surface area contributed by atoms with Crippen molar-refractivity contribution in [3.63, 3.8) is 0 Å². The van der Waals surface area contributed by atoms with Gasteiger partial charge < -0.3 is 30.0 Å². The van der Waals surface area contributed by atoms with Gasteiger partial charge >= 0.3 is 6.03 Å². The predicted octanol–water partition coefficient (Wildman–Crippen LogP) is 7.61. The molecule has 0 aliphatic carbocycles. The van der Waals surface area contributed by atoms with Crippen LogP contribution in [-0.4, -0.2) is 43.2 Å². The van der Waals surface area contributed by atoms with Crippen LogP contribution in [-0.2, 0) is 22.6 Å². The van der Waals surface area contributed by atoms with Crippen molar-refractivity contribution >= 4 is 23.5 Å². The number of ether oxygens (including phenoxy) is 3. The number of nitrogens with zero attached hydrogens (tertiary/aromatic N) is 4. The largest absolute Gasteiger partial charge is 0.457 e. The number of carbonyl (C=O) groups excluding carboxylic acids is 1. The van der Waals surface area contributed by atoms with Crippen LogP contribution in [0.1, 0.15) is 41.1 Å². The highest BCUT2D eigenvalue weighted by Crippen LogP contribution is 2.39. The van der Waals surface area contributed by atoms with Crippen molar-refractivity contribution in [2.24, 2.45) is 0 Å². The minimum absolute atomic E-state index is 0.0203. The van der Waals surface area contributed by atoms with Gasteiger partial charge in [0.25, 0.3) is 0 Å². The van der Waals surface area contributed by atoms with Gasteiger partial charge in [-0.25, -0.2) is 4.79 Å². The number of aliphatic hydroxyl groups excluding tert-OH is 1. The Hall–Kier alpha value is -5.53. The SMILES string of the molecule is O=C(NCc1ccc([C@H]2O[C@@H](CSc3nnnn3-c3ccccc3)C[C@@H](c3ccc(CO)cc3)O2)cc1)Nc1ccc(Oc2ccccc2)cc1. The third kappa shape index (κ3) is 8.99. The number of hydrogen-bond acceptors (Lipinski definition) is 9. The lowest BCUT2D eigenvalue weighted by Gasteiger charge is -2.36. The molecule has 3 N–H and O–H groups in total. The molecule has 2 amide bonds. The number of aromatic nitrogens is 4. The molecule has 5 aromatic carbocycles. The molecule has 6 aromatic rings. The Morgan fingerprint density at radius 3 is 2.20 bits per heavy atom. The summed E-state index contributed by atoms with van der Waals surface area (Å²) in [6, 6.07) is 41.8. The van der Waals surface area contributed by atoms with Crippen molar-refractivity contribution in [1.82, 2.24) is 25.5 Å². The van der Waals surface area contributed by atoms with Crippen molar-refractivity contribution in [2.75, 3.05) is 11.1 Å². The molecule has 11 nitrogen and oxygen atoms in total. The van der Waals surface area contributed by atoms with Crippen LogP contribution in [0.15, 0.2) is 139 Å². The lowest BCUT2D eigenvalue weighted by molar-refractivity contribution is -0.245. The average Bonchev–Trinajstić information content (AvgIpc) is 3.67. The summed E-state index contributed by atoms with van der Waals surface area (Å²) in [6.07, 6.45) is -0.372. The number of rotatable bonds is 12. The fourth-order valence-electron chi connectivity index (χ4n) is 5.57. The highest BCUT2D eigenvalue weighted by molar-refractivity contribution is 7.99. The van der Waals surface area contributed by atoms with Gasteiger partial charge in [0.15, 0.2) is 6.29 Å². The fourth-order valence-corrected chi connectivity index (χ4v) is 6.48. The Morgan fingerprint density at radius 1 is 0.804 bits per heavy atom. The Labute approximate surface area is 299 Å². The van der Waals surface area contributed by atoms with E-state index in [1.165, 1.54) is 11.8 Å². The molecule has 1 aliphatic heterocycles. The molecule has 7 rings (SSSR count). The molecule has 1 saturated heterocycles. The summed E-state index contributed by atoms with van der Waals surface area (Å²) in [5.41, 5.74) is 5.17. The Kier molecular flexibility index (Phi) is 10.9. The first-order valence-corrected chi connectivity index (χ1v) is 17.5. The second-order valence-corrected chi connectivity index (χ2v) is 12.8. The lowest BCUT2D eigenvalue weighted by Crippen LogP contribution is -2.31. The number of tetrazole rings is 1. The predicted molar refractivity (Wildman–Crippen MR) is 194 cm³/mol. The number of nitrogens with one attached hydrogen (secondary N) is 2. The van der Waals surface area contributed by atoms with Gasteiger partial charge in [-0.05, 0) is 75.6 Å². The van der Waals surface area contributed by atoms with E-state index in [2.05, 4.69) is 26.2 Å². The van der Waals surface area contributed by atoms with Gasteiger partial charge in [0, 0.05) is 30.0 Å². The Bertz CT molecular complexity index is 2000. The van der Waals surface area contributed by atoms with Crippen LogP contribution in [0.2, 0.25) is 0 Å². The number of para-hydroxylation sites is 2. The normalized spacial score (nSPS) is 17.1. The maximum absolute atomic E-state index is 12.6. The number of urea groups is 1. The van der Waals surface area contributed by atoms with E-state index in [-0.39, 0.29) is 24.8 Å². The second kappa shape index (κ2) is 16.5. The molecule has 1 fully saturated rings. The number of anilines is 1. The zero-order chi connectivity index (χ0) is 34.8. The van der Waals surface area contributed by atoms with E-state index >= 15 is 0 Å².